The van der Waals surface area contributed by atoms with Gasteiger partial charge in [0.25, 0.3) is 0 Å². The summed E-state index contributed by atoms with van der Waals surface area (Å²) in [4.78, 5) is 0. The highest BCUT2D eigenvalue weighted by atomic mass is 16.3. The zero-order valence-electron chi connectivity index (χ0n) is 17.8. The van der Waals surface area contributed by atoms with Crippen LogP contribution < -0.4 is 0 Å². The minimum Gasteiger partial charge on any atom is -0.507 e. The summed E-state index contributed by atoms with van der Waals surface area (Å²) in [5.74, 6) is 1.90. The molecule has 2 bridgehead atoms. The number of phenols is 1. The second kappa shape index (κ2) is 6.79. The van der Waals surface area contributed by atoms with E-state index in [1.807, 2.05) is 12.1 Å². The summed E-state index contributed by atoms with van der Waals surface area (Å²) in [7, 11) is 0. The molecule has 148 valence electrons. The molecular weight excluding hydrogens is 340 g/mol. The van der Waals surface area contributed by atoms with Crippen LogP contribution in [0.5, 0.6) is 5.75 Å². The Morgan fingerprint density at radius 1 is 1.18 bits per heavy atom. The van der Waals surface area contributed by atoms with Gasteiger partial charge >= 0.3 is 0 Å². The Balaban J connectivity index is 1.82. The van der Waals surface area contributed by atoms with Gasteiger partial charge in [0.15, 0.2) is 0 Å². The van der Waals surface area contributed by atoms with E-state index in [9.17, 15) is 5.11 Å². The third-order valence-corrected chi connectivity index (χ3v) is 8.54. The Labute approximate surface area is 170 Å². The molecule has 2 aliphatic carbocycles. The normalized spacial score (nSPS) is 29.0. The van der Waals surface area contributed by atoms with Gasteiger partial charge in [-0.2, -0.15) is 0 Å². The topological polar surface area (TPSA) is 20.2 Å². The van der Waals surface area contributed by atoms with E-state index in [-0.39, 0.29) is 11.3 Å². The van der Waals surface area contributed by atoms with Gasteiger partial charge in [0, 0.05) is 11.5 Å². The molecule has 1 nitrogen and oxygen atoms in total. The van der Waals surface area contributed by atoms with Gasteiger partial charge in [0.1, 0.15) is 5.75 Å². The number of phenolic OH excluding ortho intramolecular Hbond substituents is 1. The van der Waals surface area contributed by atoms with Crippen LogP contribution >= 0.6 is 0 Å². The van der Waals surface area contributed by atoms with Crippen molar-refractivity contribution in [1.29, 1.82) is 0 Å². The van der Waals surface area contributed by atoms with Crippen LogP contribution in [0.4, 0.5) is 0 Å². The van der Waals surface area contributed by atoms with Crippen molar-refractivity contribution >= 4 is 0 Å². The van der Waals surface area contributed by atoms with Crippen molar-refractivity contribution < 1.29 is 5.11 Å². The smallest absolute Gasteiger partial charge is 0.122 e. The molecule has 2 aromatic rings. The van der Waals surface area contributed by atoms with Gasteiger partial charge in [0.05, 0.1) is 0 Å². The summed E-state index contributed by atoms with van der Waals surface area (Å²) in [6.07, 6.45) is 6.62. The third-order valence-electron chi connectivity index (χ3n) is 8.54. The zero-order chi connectivity index (χ0) is 20.1. The fraction of sp³-hybridized carbons (Fsp3) is 0.481. The van der Waals surface area contributed by atoms with Gasteiger partial charge in [0.2, 0.25) is 0 Å². The fourth-order valence-electron chi connectivity index (χ4n) is 6.22. The highest BCUT2D eigenvalue weighted by molar-refractivity contribution is 5.51. The summed E-state index contributed by atoms with van der Waals surface area (Å²) in [6, 6.07) is 15.0. The summed E-state index contributed by atoms with van der Waals surface area (Å²) in [6.45, 7) is 13.5. The Hall–Kier alpha value is -2.02. The number of hydrogen-bond acceptors (Lipinski definition) is 1. The SMILES string of the molecule is C=CCc1cc(C(C)c2ccccc2)c(O)c(C2CC3CCC2(C)C3(C)C)c1. The lowest BCUT2D eigenvalue weighted by Crippen LogP contribution is -2.31. The molecule has 0 saturated heterocycles. The first-order valence-electron chi connectivity index (χ1n) is 10.8. The quantitative estimate of drug-likeness (QED) is 0.548. The number of benzene rings is 2. The summed E-state index contributed by atoms with van der Waals surface area (Å²) in [5, 5.41) is 11.5. The maximum atomic E-state index is 11.5. The standard InChI is InChI=1S/C27H34O/c1-6-10-19-15-22(18(2)20-11-8-7-9-12-20)25(28)23(16-19)24-17-21-13-14-27(24,5)26(21,3)4/h6-9,11-12,15-16,18,21,24,28H,1,10,13-14,17H2,2-5H3. The molecule has 2 saturated carbocycles. The molecule has 28 heavy (non-hydrogen) atoms. The minimum atomic E-state index is 0.170. The van der Waals surface area contributed by atoms with Crippen LogP contribution in [0.2, 0.25) is 0 Å². The number of fused-ring (bicyclic) bond motifs is 2. The van der Waals surface area contributed by atoms with E-state index < -0.39 is 0 Å². The maximum Gasteiger partial charge on any atom is 0.122 e. The van der Waals surface area contributed by atoms with E-state index in [1.165, 1.54) is 36.0 Å². The van der Waals surface area contributed by atoms with Crippen molar-refractivity contribution in [3.05, 3.63) is 77.4 Å². The number of aromatic hydroxyl groups is 1. The van der Waals surface area contributed by atoms with Gasteiger partial charge < -0.3 is 5.11 Å². The molecule has 1 heteroatoms. The lowest BCUT2D eigenvalue weighted by atomic mass is 9.64. The van der Waals surface area contributed by atoms with Gasteiger partial charge in [-0.05, 0) is 65.0 Å². The molecule has 0 spiro atoms. The van der Waals surface area contributed by atoms with Gasteiger partial charge in [-0.1, -0.05) is 76.2 Å². The number of hydrogen-bond donors (Lipinski definition) is 1. The van der Waals surface area contributed by atoms with E-state index in [2.05, 4.69) is 70.7 Å². The second-order valence-corrected chi connectivity index (χ2v) is 9.91. The van der Waals surface area contributed by atoms with E-state index in [0.717, 1.165) is 17.9 Å². The highest BCUT2D eigenvalue weighted by Crippen LogP contribution is 2.71. The molecule has 2 aliphatic rings. The predicted octanol–water partition coefficient (Wildman–Crippen LogP) is 7.20. The Morgan fingerprint density at radius 2 is 1.89 bits per heavy atom. The Morgan fingerprint density at radius 3 is 2.46 bits per heavy atom. The van der Waals surface area contributed by atoms with Gasteiger partial charge in [-0.3, -0.25) is 0 Å². The van der Waals surface area contributed by atoms with Crippen LogP contribution in [-0.2, 0) is 6.42 Å². The molecule has 2 fully saturated rings. The van der Waals surface area contributed by atoms with E-state index in [0.29, 0.717) is 17.1 Å². The predicted molar refractivity (Wildman–Crippen MR) is 118 cm³/mol. The van der Waals surface area contributed by atoms with Crippen molar-refractivity contribution in [3.63, 3.8) is 0 Å². The van der Waals surface area contributed by atoms with E-state index >= 15 is 0 Å². The third kappa shape index (κ3) is 2.74. The van der Waals surface area contributed by atoms with Crippen LogP contribution in [0.1, 0.15) is 81.0 Å². The number of rotatable bonds is 5. The molecule has 1 N–H and O–H groups in total. The van der Waals surface area contributed by atoms with Gasteiger partial charge in [-0.25, -0.2) is 0 Å². The average Bonchev–Trinajstić information content (AvgIpc) is 3.03. The summed E-state index contributed by atoms with van der Waals surface area (Å²) in [5.41, 5.74) is 5.35. The maximum absolute atomic E-state index is 11.5. The molecule has 2 aromatic carbocycles. The van der Waals surface area contributed by atoms with Crippen molar-refractivity contribution in [1.82, 2.24) is 0 Å². The van der Waals surface area contributed by atoms with Crippen molar-refractivity contribution in [3.8, 4) is 5.75 Å². The van der Waals surface area contributed by atoms with E-state index in [4.69, 9.17) is 0 Å². The van der Waals surface area contributed by atoms with Crippen molar-refractivity contribution in [2.24, 2.45) is 16.7 Å². The van der Waals surface area contributed by atoms with Gasteiger partial charge in [-0.15, -0.1) is 6.58 Å². The van der Waals surface area contributed by atoms with Crippen LogP contribution in [-0.4, -0.2) is 5.11 Å². The molecule has 4 unspecified atom stereocenters. The zero-order valence-corrected chi connectivity index (χ0v) is 17.8. The van der Waals surface area contributed by atoms with Crippen molar-refractivity contribution in [2.75, 3.05) is 0 Å². The first-order chi connectivity index (χ1) is 13.3. The molecule has 0 amide bonds. The highest BCUT2D eigenvalue weighted by Gasteiger charge is 2.61. The monoisotopic (exact) mass is 374 g/mol. The van der Waals surface area contributed by atoms with Crippen LogP contribution in [0.3, 0.4) is 0 Å². The second-order valence-electron chi connectivity index (χ2n) is 9.91. The molecule has 4 atom stereocenters. The largest absolute Gasteiger partial charge is 0.507 e. The molecule has 0 aliphatic heterocycles. The van der Waals surface area contributed by atoms with Crippen LogP contribution in [0.15, 0.2) is 55.1 Å². The van der Waals surface area contributed by atoms with Crippen molar-refractivity contribution in [2.45, 2.75) is 65.2 Å². The first kappa shape index (κ1) is 19.3. The van der Waals surface area contributed by atoms with Crippen LogP contribution in [0.25, 0.3) is 0 Å². The molecule has 0 aromatic heterocycles. The Kier molecular flexibility index (Phi) is 4.68. The molecule has 4 rings (SSSR count). The molecule has 0 heterocycles. The summed E-state index contributed by atoms with van der Waals surface area (Å²) < 4.78 is 0. The molecular formula is C27H34O. The number of allylic oxidation sites excluding steroid dienone is 1. The summed E-state index contributed by atoms with van der Waals surface area (Å²) >= 11 is 0. The molecule has 0 radical (unpaired) electrons. The lowest BCUT2D eigenvalue weighted by Gasteiger charge is -2.40. The fourth-order valence-corrected chi connectivity index (χ4v) is 6.22. The Bertz CT molecular complexity index is 879. The average molecular weight is 375 g/mol. The minimum absolute atomic E-state index is 0.170. The van der Waals surface area contributed by atoms with Crippen LogP contribution in [0, 0.1) is 16.7 Å². The first-order valence-corrected chi connectivity index (χ1v) is 10.8. The van der Waals surface area contributed by atoms with E-state index in [1.54, 1.807) is 0 Å². The lowest BCUT2D eigenvalue weighted by molar-refractivity contribution is 0.133.